The molecule has 1 atom stereocenters. The number of aliphatic carboxylic acids is 1. The van der Waals surface area contributed by atoms with E-state index in [2.05, 4.69) is 9.97 Å². The highest BCUT2D eigenvalue weighted by atomic mass is 16.4. The molecule has 2 N–H and O–H groups in total. The lowest BCUT2D eigenvalue weighted by Crippen LogP contribution is -2.08. The zero-order valence-electron chi connectivity index (χ0n) is 6.21. The number of carboxylic acids is 1. The molecule has 5 nitrogen and oxygen atoms in total. The molecule has 0 aliphatic carbocycles. The highest BCUT2D eigenvalue weighted by Crippen LogP contribution is 2.09. The van der Waals surface area contributed by atoms with E-state index in [0.29, 0.717) is 0 Å². The number of aliphatic hydroxyl groups excluding tert-OH is 1. The lowest BCUT2D eigenvalue weighted by atomic mass is 10.2. The predicted molar refractivity (Wildman–Crippen MR) is 39.2 cm³/mol. The quantitative estimate of drug-likeness (QED) is 0.662. The number of carbonyl (C=O) groups is 1. The molecular formula is C7H8N2O3. The van der Waals surface area contributed by atoms with E-state index in [1.807, 2.05) is 0 Å². The van der Waals surface area contributed by atoms with Gasteiger partial charge < -0.3 is 10.2 Å². The fourth-order valence-corrected chi connectivity index (χ4v) is 0.739. The number of aromatic nitrogens is 2. The number of carboxylic acid groups (broad SMARTS) is 1. The number of hydrogen-bond acceptors (Lipinski definition) is 4. The predicted octanol–water partition coefficient (Wildman–Crippen LogP) is -0.0153. The average Bonchev–Trinajstić information content (AvgIpc) is 2.05. The van der Waals surface area contributed by atoms with Gasteiger partial charge in [0, 0.05) is 12.4 Å². The standard InChI is InChI=1S/C7H8N2O3/c10-5(4-6(11)12)7-8-2-1-3-9-7/h1-3,5,10H,4H2,(H,11,12). The molecule has 0 aromatic carbocycles. The van der Waals surface area contributed by atoms with Gasteiger partial charge in [0.15, 0.2) is 5.82 Å². The summed E-state index contributed by atoms with van der Waals surface area (Å²) in [6.45, 7) is 0. The molecule has 1 unspecified atom stereocenters. The van der Waals surface area contributed by atoms with Crippen LogP contribution in [0.25, 0.3) is 0 Å². The van der Waals surface area contributed by atoms with Gasteiger partial charge in [-0.25, -0.2) is 9.97 Å². The maximum absolute atomic E-state index is 10.2. The Bertz CT molecular complexity index is 263. The number of rotatable bonds is 3. The van der Waals surface area contributed by atoms with E-state index in [9.17, 15) is 9.90 Å². The SMILES string of the molecule is O=C(O)CC(O)c1ncccn1. The van der Waals surface area contributed by atoms with Gasteiger partial charge in [-0.2, -0.15) is 0 Å². The summed E-state index contributed by atoms with van der Waals surface area (Å²) < 4.78 is 0. The molecule has 0 radical (unpaired) electrons. The normalized spacial score (nSPS) is 12.4. The van der Waals surface area contributed by atoms with Gasteiger partial charge in [0.1, 0.15) is 6.10 Å². The molecule has 0 bridgehead atoms. The van der Waals surface area contributed by atoms with E-state index in [-0.39, 0.29) is 12.2 Å². The first kappa shape index (κ1) is 8.61. The van der Waals surface area contributed by atoms with Gasteiger partial charge in [0.25, 0.3) is 0 Å². The van der Waals surface area contributed by atoms with Crippen LogP contribution in [-0.4, -0.2) is 26.2 Å². The van der Waals surface area contributed by atoms with Crippen molar-refractivity contribution in [3.63, 3.8) is 0 Å². The largest absolute Gasteiger partial charge is 0.481 e. The zero-order chi connectivity index (χ0) is 8.97. The van der Waals surface area contributed by atoms with Crippen LogP contribution in [0, 0.1) is 0 Å². The third-order valence-corrected chi connectivity index (χ3v) is 1.25. The minimum Gasteiger partial charge on any atom is -0.481 e. The van der Waals surface area contributed by atoms with Crippen molar-refractivity contribution in [2.45, 2.75) is 12.5 Å². The highest BCUT2D eigenvalue weighted by Gasteiger charge is 2.13. The summed E-state index contributed by atoms with van der Waals surface area (Å²) in [6, 6.07) is 1.59. The monoisotopic (exact) mass is 168 g/mol. The number of hydrogen-bond donors (Lipinski definition) is 2. The first-order valence-corrected chi connectivity index (χ1v) is 3.37. The minimum atomic E-state index is -1.12. The van der Waals surface area contributed by atoms with Gasteiger partial charge in [-0.05, 0) is 6.07 Å². The van der Waals surface area contributed by atoms with Gasteiger partial charge in [0.2, 0.25) is 0 Å². The van der Waals surface area contributed by atoms with E-state index in [1.54, 1.807) is 6.07 Å². The van der Waals surface area contributed by atoms with Crippen LogP contribution in [0.15, 0.2) is 18.5 Å². The van der Waals surface area contributed by atoms with E-state index >= 15 is 0 Å². The van der Waals surface area contributed by atoms with Crippen LogP contribution in [0.5, 0.6) is 0 Å². The zero-order valence-corrected chi connectivity index (χ0v) is 6.21. The molecule has 5 heteroatoms. The third kappa shape index (κ3) is 2.28. The lowest BCUT2D eigenvalue weighted by molar-refractivity contribution is -0.139. The molecule has 0 saturated heterocycles. The smallest absolute Gasteiger partial charge is 0.306 e. The van der Waals surface area contributed by atoms with Crippen LogP contribution >= 0.6 is 0 Å². The Labute approximate surface area is 68.7 Å². The molecular weight excluding hydrogens is 160 g/mol. The Morgan fingerprint density at radius 2 is 2.08 bits per heavy atom. The lowest BCUT2D eigenvalue weighted by Gasteiger charge is -2.03. The molecule has 64 valence electrons. The molecule has 0 saturated carbocycles. The molecule has 0 spiro atoms. The fraction of sp³-hybridized carbons (Fsp3) is 0.286. The molecule has 1 heterocycles. The average molecular weight is 168 g/mol. The van der Waals surface area contributed by atoms with Crippen LogP contribution in [0.2, 0.25) is 0 Å². The van der Waals surface area contributed by atoms with Crippen molar-refractivity contribution in [1.82, 2.24) is 9.97 Å². The third-order valence-electron chi connectivity index (χ3n) is 1.25. The van der Waals surface area contributed by atoms with Crippen molar-refractivity contribution in [3.8, 4) is 0 Å². The molecule has 1 aromatic rings. The number of aliphatic hydroxyl groups is 1. The number of nitrogens with zero attached hydrogens (tertiary/aromatic N) is 2. The van der Waals surface area contributed by atoms with Gasteiger partial charge in [-0.3, -0.25) is 4.79 Å². The second-order valence-corrected chi connectivity index (χ2v) is 2.22. The van der Waals surface area contributed by atoms with Crippen molar-refractivity contribution < 1.29 is 15.0 Å². The van der Waals surface area contributed by atoms with Gasteiger partial charge in [-0.1, -0.05) is 0 Å². The summed E-state index contributed by atoms with van der Waals surface area (Å²) in [5.41, 5.74) is 0. The van der Waals surface area contributed by atoms with Gasteiger partial charge >= 0.3 is 5.97 Å². The van der Waals surface area contributed by atoms with Crippen LogP contribution in [0.4, 0.5) is 0 Å². The summed E-state index contributed by atoms with van der Waals surface area (Å²) in [7, 11) is 0. The van der Waals surface area contributed by atoms with E-state index in [0.717, 1.165) is 0 Å². The van der Waals surface area contributed by atoms with Gasteiger partial charge in [-0.15, -0.1) is 0 Å². The Kier molecular flexibility index (Phi) is 2.71. The molecule has 0 amide bonds. The first-order valence-electron chi connectivity index (χ1n) is 3.37. The van der Waals surface area contributed by atoms with Crippen molar-refractivity contribution in [1.29, 1.82) is 0 Å². The molecule has 1 aromatic heterocycles. The van der Waals surface area contributed by atoms with Crippen LogP contribution in [0.1, 0.15) is 18.3 Å². The summed E-state index contributed by atoms with van der Waals surface area (Å²) >= 11 is 0. The summed E-state index contributed by atoms with van der Waals surface area (Å²) in [4.78, 5) is 17.6. The highest BCUT2D eigenvalue weighted by molar-refractivity contribution is 5.67. The topological polar surface area (TPSA) is 83.3 Å². The minimum absolute atomic E-state index is 0.139. The van der Waals surface area contributed by atoms with Crippen molar-refractivity contribution in [2.75, 3.05) is 0 Å². The van der Waals surface area contributed by atoms with Crippen molar-refractivity contribution in [3.05, 3.63) is 24.3 Å². The fourth-order valence-electron chi connectivity index (χ4n) is 0.739. The van der Waals surface area contributed by atoms with Crippen LogP contribution in [-0.2, 0) is 4.79 Å². The molecule has 1 rings (SSSR count). The van der Waals surface area contributed by atoms with Crippen LogP contribution in [0.3, 0.4) is 0 Å². The van der Waals surface area contributed by atoms with E-state index in [1.165, 1.54) is 12.4 Å². The van der Waals surface area contributed by atoms with Crippen LogP contribution < -0.4 is 0 Å². The van der Waals surface area contributed by atoms with Crippen molar-refractivity contribution >= 4 is 5.97 Å². The van der Waals surface area contributed by atoms with E-state index in [4.69, 9.17) is 5.11 Å². The summed E-state index contributed by atoms with van der Waals surface area (Å²) in [5, 5.41) is 17.5. The Morgan fingerprint density at radius 3 is 2.58 bits per heavy atom. The van der Waals surface area contributed by atoms with E-state index < -0.39 is 12.1 Å². The summed E-state index contributed by atoms with van der Waals surface area (Å²) in [6.07, 6.45) is 1.41. The Morgan fingerprint density at radius 1 is 1.50 bits per heavy atom. The second kappa shape index (κ2) is 3.77. The molecule has 0 aliphatic rings. The second-order valence-electron chi connectivity index (χ2n) is 2.22. The molecule has 12 heavy (non-hydrogen) atoms. The first-order chi connectivity index (χ1) is 5.70. The maximum atomic E-state index is 10.2. The Hall–Kier alpha value is -1.49. The maximum Gasteiger partial charge on any atom is 0.306 e. The Balaban J connectivity index is 2.65. The van der Waals surface area contributed by atoms with Gasteiger partial charge in [0.05, 0.1) is 6.42 Å². The summed E-state index contributed by atoms with van der Waals surface area (Å²) in [5.74, 6) is -0.935. The molecule has 0 aliphatic heterocycles. The molecule has 0 fully saturated rings. The van der Waals surface area contributed by atoms with Crippen molar-refractivity contribution in [2.24, 2.45) is 0 Å².